The van der Waals surface area contributed by atoms with E-state index in [0.717, 1.165) is 6.92 Å². The second-order valence-corrected chi connectivity index (χ2v) is 7.23. The second-order valence-electron chi connectivity index (χ2n) is 7.23. The molecule has 1 fully saturated rings. The monoisotopic (exact) mass is 393 g/mol. The van der Waals surface area contributed by atoms with Crippen LogP contribution in [0.5, 0.6) is 0 Å². The predicted molar refractivity (Wildman–Crippen MR) is 105 cm³/mol. The topological polar surface area (TPSA) is 105 Å². The van der Waals surface area contributed by atoms with Gasteiger partial charge in [0.25, 0.3) is 5.92 Å². The minimum atomic E-state index is -3.04. The highest BCUT2D eigenvalue weighted by Gasteiger charge is 2.43. The minimum Gasteiger partial charge on any atom is -0.398 e. The number of nitrogen functional groups attached to an aromatic ring is 1. The number of amides is 1. The zero-order valence-electron chi connectivity index (χ0n) is 15.5. The highest BCUT2D eigenvalue weighted by molar-refractivity contribution is 6.00. The summed E-state index contributed by atoms with van der Waals surface area (Å²) < 4.78 is 28.1. The van der Waals surface area contributed by atoms with Gasteiger partial charge in [-0.15, -0.1) is 0 Å². The molecule has 1 aliphatic rings. The van der Waals surface area contributed by atoms with Crippen LogP contribution in [0.25, 0.3) is 21.9 Å². The maximum absolute atomic E-state index is 14.0. The molecule has 3 aromatic rings. The Bertz CT molecular complexity index is 1170. The van der Waals surface area contributed by atoms with Gasteiger partial charge in [-0.05, 0) is 41.6 Å². The van der Waals surface area contributed by atoms with Crippen molar-refractivity contribution in [2.75, 3.05) is 11.1 Å². The predicted octanol–water partition coefficient (Wildman–Crippen LogP) is 4.09. The Morgan fingerprint density at radius 3 is 2.83 bits per heavy atom. The van der Waals surface area contributed by atoms with E-state index in [4.69, 9.17) is 11.0 Å². The first-order valence-corrected chi connectivity index (χ1v) is 9.00. The minimum absolute atomic E-state index is 0.148. The van der Waals surface area contributed by atoms with E-state index < -0.39 is 5.92 Å². The number of nitrogens with two attached hydrogens (primary N) is 1. The molecule has 4 rings (SSSR count). The standard InChI is InChI=1S/C21H17F2N5O/c1-21(22,23)17-2-3-26-9-15(17)11-4-12-7-19(27-10-16(12)18(25)6-11)28-20(29)14-5-13(14)8-24/h2-4,6-7,9-10,13-14H,5,25H2,1H3,(H,27,28,29). The quantitative estimate of drug-likeness (QED) is 0.650. The molecule has 1 aliphatic carbocycles. The summed E-state index contributed by atoms with van der Waals surface area (Å²) in [4.78, 5) is 20.3. The van der Waals surface area contributed by atoms with Crippen LogP contribution in [-0.4, -0.2) is 15.9 Å². The van der Waals surface area contributed by atoms with E-state index in [1.54, 1.807) is 18.2 Å². The molecule has 2 unspecified atom stereocenters. The number of anilines is 2. The fourth-order valence-electron chi connectivity index (χ4n) is 3.36. The Labute approximate surface area is 165 Å². The van der Waals surface area contributed by atoms with Crippen molar-refractivity contribution in [1.82, 2.24) is 9.97 Å². The number of nitrogens with zero attached hydrogens (tertiary/aromatic N) is 3. The Hall–Kier alpha value is -3.60. The van der Waals surface area contributed by atoms with Crippen LogP contribution in [0, 0.1) is 23.2 Å². The van der Waals surface area contributed by atoms with Gasteiger partial charge in [-0.3, -0.25) is 9.78 Å². The van der Waals surface area contributed by atoms with Gasteiger partial charge in [0, 0.05) is 47.7 Å². The number of aromatic nitrogens is 2. The van der Waals surface area contributed by atoms with E-state index in [9.17, 15) is 13.6 Å². The number of carbonyl (C=O) groups excluding carboxylic acids is 1. The summed E-state index contributed by atoms with van der Waals surface area (Å²) in [6.45, 7) is 0.834. The highest BCUT2D eigenvalue weighted by atomic mass is 19.3. The summed E-state index contributed by atoms with van der Waals surface area (Å²) in [7, 11) is 0. The highest BCUT2D eigenvalue weighted by Crippen LogP contribution is 2.39. The van der Waals surface area contributed by atoms with Crippen molar-refractivity contribution in [3.05, 3.63) is 48.4 Å². The van der Waals surface area contributed by atoms with E-state index in [-0.39, 0.29) is 28.9 Å². The van der Waals surface area contributed by atoms with E-state index in [1.807, 2.05) is 0 Å². The van der Waals surface area contributed by atoms with Crippen LogP contribution in [0.2, 0.25) is 0 Å². The number of carbonyl (C=O) groups is 1. The number of pyridine rings is 2. The molecule has 0 bridgehead atoms. The van der Waals surface area contributed by atoms with Crippen LogP contribution in [0.1, 0.15) is 18.9 Å². The Morgan fingerprint density at radius 1 is 1.34 bits per heavy atom. The first-order valence-electron chi connectivity index (χ1n) is 9.00. The van der Waals surface area contributed by atoms with Gasteiger partial charge in [-0.2, -0.15) is 5.26 Å². The number of nitriles is 1. The third-order valence-corrected chi connectivity index (χ3v) is 5.02. The molecule has 6 nitrogen and oxygen atoms in total. The fraction of sp³-hybridized carbons (Fsp3) is 0.238. The van der Waals surface area contributed by atoms with Crippen molar-refractivity contribution in [3.63, 3.8) is 0 Å². The average molecular weight is 393 g/mol. The van der Waals surface area contributed by atoms with Gasteiger partial charge in [0.2, 0.25) is 5.91 Å². The van der Waals surface area contributed by atoms with E-state index in [1.165, 1.54) is 24.7 Å². The number of halogens is 2. The van der Waals surface area contributed by atoms with Crippen molar-refractivity contribution in [3.8, 4) is 17.2 Å². The van der Waals surface area contributed by atoms with Crippen LogP contribution in [0.3, 0.4) is 0 Å². The van der Waals surface area contributed by atoms with Crippen molar-refractivity contribution in [2.45, 2.75) is 19.3 Å². The van der Waals surface area contributed by atoms with Crippen molar-refractivity contribution in [1.29, 1.82) is 5.26 Å². The Balaban J connectivity index is 1.73. The first kappa shape index (κ1) is 18.7. The lowest BCUT2D eigenvalue weighted by atomic mass is 9.96. The first-order chi connectivity index (χ1) is 13.8. The summed E-state index contributed by atoms with van der Waals surface area (Å²) in [5, 5.41) is 12.9. The molecule has 1 saturated carbocycles. The molecule has 146 valence electrons. The molecule has 0 spiro atoms. The number of hydrogen-bond donors (Lipinski definition) is 2. The molecule has 8 heteroatoms. The van der Waals surface area contributed by atoms with Crippen molar-refractivity contribution in [2.24, 2.45) is 11.8 Å². The Kier molecular flexibility index (Phi) is 4.38. The molecule has 1 amide bonds. The third kappa shape index (κ3) is 3.59. The zero-order chi connectivity index (χ0) is 20.8. The summed E-state index contributed by atoms with van der Waals surface area (Å²) in [6.07, 6.45) is 4.77. The molecule has 2 aromatic heterocycles. The lowest BCUT2D eigenvalue weighted by molar-refractivity contribution is -0.117. The molecule has 0 radical (unpaired) electrons. The van der Waals surface area contributed by atoms with Gasteiger partial charge >= 0.3 is 0 Å². The summed E-state index contributed by atoms with van der Waals surface area (Å²) in [6, 6.07) is 8.31. The van der Waals surface area contributed by atoms with Crippen LogP contribution >= 0.6 is 0 Å². The van der Waals surface area contributed by atoms with Crippen LogP contribution in [0.4, 0.5) is 20.3 Å². The molecule has 0 aliphatic heterocycles. The molecular formula is C21H17F2N5O. The summed E-state index contributed by atoms with van der Waals surface area (Å²) in [5.41, 5.74) is 7.14. The molecule has 2 atom stereocenters. The van der Waals surface area contributed by atoms with E-state index >= 15 is 0 Å². The van der Waals surface area contributed by atoms with E-state index in [0.29, 0.717) is 34.3 Å². The number of alkyl halides is 2. The third-order valence-electron chi connectivity index (χ3n) is 5.02. The number of benzene rings is 1. The Morgan fingerprint density at radius 2 is 2.14 bits per heavy atom. The van der Waals surface area contributed by atoms with E-state index in [2.05, 4.69) is 21.4 Å². The lowest BCUT2D eigenvalue weighted by Gasteiger charge is -2.16. The summed E-state index contributed by atoms with van der Waals surface area (Å²) in [5.74, 6) is -3.56. The maximum Gasteiger partial charge on any atom is 0.271 e. The molecule has 0 saturated heterocycles. The largest absolute Gasteiger partial charge is 0.398 e. The van der Waals surface area contributed by atoms with Crippen LogP contribution in [0.15, 0.2) is 42.9 Å². The van der Waals surface area contributed by atoms with Gasteiger partial charge in [-0.1, -0.05) is 0 Å². The van der Waals surface area contributed by atoms with Crippen LogP contribution in [-0.2, 0) is 10.7 Å². The molecule has 1 aromatic carbocycles. The number of nitrogens with one attached hydrogen (secondary N) is 1. The summed E-state index contributed by atoms with van der Waals surface area (Å²) >= 11 is 0. The van der Waals surface area contributed by atoms with Gasteiger partial charge in [0.05, 0.1) is 17.9 Å². The van der Waals surface area contributed by atoms with Gasteiger partial charge < -0.3 is 11.1 Å². The fourth-order valence-corrected chi connectivity index (χ4v) is 3.36. The normalized spacial score (nSPS) is 18.3. The number of rotatable bonds is 4. The molecule has 29 heavy (non-hydrogen) atoms. The smallest absolute Gasteiger partial charge is 0.271 e. The average Bonchev–Trinajstić information content (AvgIpc) is 3.47. The molecule has 3 N–H and O–H groups in total. The lowest BCUT2D eigenvalue weighted by Crippen LogP contribution is -2.15. The molecular weight excluding hydrogens is 376 g/mol. The molecule has 2 heterocycles. The maximum atomic E-state index is 14.0. The van der Waals surface area contributed by atoms with Gasteiger partial charge in [0.1, 0.15) is 5.82 Å². The van der Waals surface area contributed by atoms with Gasteiger partial charge in [0.15, 0.2) is 0 Å². The zero-order valence-corrected chi connectivity index (χ0v) is 15.5. The van der Waals surface area contributed by atoms with Gasteiger partial charge in [-0.25, -0.2) is 13.8 Å². The number of fused-ring (bicyclic) bond motifs is 1. The second kappa shape index (κ2) is 6.78. The van der Waals surface area contributed by atoms with Crippen molar-refractivity contribution >= 4 is 28.2 Å². The number of hydrogen-bond acceptors (Lipinski definition) is 5. The van der Waals surface area contributed by atoms with Crippen LogP contribution < -0.4 is 11.1 Å². The SMILES string of the molecule is CC(F)(F)c1ccncc1-c1cc(N)c2cnc(NC(=O)C3CC3C#N)cc2c1. The van der Waals surface area contributed by atoms with Crippen molar-refractivity contribution < 1.29 is 13.6 Å².